The Morgan fingerprint density at radius 3 is 2.71 bits per heavy atom. The lowest BCUT2D eigenvalue weighted by Crippen LogP contribution is -2.12. The van der Waals surface area contributed by atoms with E-state index in [1.54, 1.807) is 0 Å². The van der Waals surface area contributed by atoms with Gasteiger partial charge in [-0.1, -0.05) is 28.1 Å². The fourth-order valence-electron chi connectivity index (χ4n) is 0.854. The normalized spacial score (nSPS) is 9.86. The van der Waals surface area contributed by atoms with Crippen LogP contribution in [0.4, 0.5) is 0 Å². The number of ether oxygens (including phenoxy) is 1. The summed E-state index contributed by atoms with van der Waals surface area (Å²) in [6, 6.07) is 5.73. The van der Waals surface area contributed by atoms with Crippen LogP contribution < -0.4 is 10.5 Å². The minimum Gasteiger partial charge on any atom is -0.492 e. The summed E-state index contributed by atoms with van der Waals surface area (Å²) in [6.45, 7) is 0.509. The van der Waals surface area contributed by atoms with Crippen molar-refractivity contribution in [3.8, 4) is 5.75 Å². The molecule has 0 atom stereocenters. The fraction of sp³-hybridized carbons (Fsp3) is 0.222. The van der Waals surface area contributed by atoms with Crippen LogP contribution in [0.15, 0.2) is 27.1 Å². The topological polar surface area (TPSA) is 35.2 Å². The molecule has 76 valence electrons. The molecule has 1 aromatic rings. The van der Waals surface area contributed by atoms with Crippen molar-refractivity contribution >= 4 is 49.1 Å². The van der Waals surface area contributed by atoms with E-state index in [1.807, 2.05) is 18.2 Å². The molecule has 0 aliphatic heterocycles. The van der Waals surface area contributed by atoms with E-state index in [0.717, 1.165) is 14.7 Å². The molecule has 0 radical (unpaired) electrons. The number of rotatable bonds is 4. The highest BCUT2D eigenvalue weighted by Gasteiger charge is 2.01. The van der Waals surface area contributed by atoms with Crippen LogP contribution in [0.3, 0.4) is 0 Å². The predicted octanol–water partition coefficient (Wildman–Crippen LogP) is 3.27. The smallest absolute Gasteiger partial charge is 0.133 e. The summed E-state index contributed by atoms with van der Waals surface area (Å²) >= 11 is 11.5. The average Bonchev–Trinajstić information content (AvgIpc) is 2.08. The van der Waals surface area contributed by atoms with Gasteiger partial charge in [-0.15, -0.1) is 0 Å². The average molecular weight is 339 g/mol. The lowest BCUT2D eigenvalue weighted by molar-refractivity contribution is 0.327. The Labute approximate surface area is 105 Å². The van der Waals surface area contributed by atoms with Crippen molar-refractivity contribution in [3.05, 3.63) is 27.1 Å². The predicted molar refractivity (Wildman–Crippen MR) is 68.7 cm³/mol. The molecule has 2 N–H and O–H groups in total. The van der Waals surface area contributed by atoms with Gasteiger partial charge in [-0.3, -0.25) is 0 Å². The standard InChI is InChI=1S/C9H9Br2NOS/c10-6-1-2-8(7(11)5-6)13-4-3-9(12)14/h1-2,5H,3-4H2,(H2,12,14). The molecule has 0 fully saturated rings. The lowest BCUT2D eigenvalue weighted by atomic mass is 10.3. The number of hydrogen-bond donors (Lipinski definition) is 1. The number of benzene rings is 1. The Hall–Kier alpha value is -0.130. The Morgan fingerprint density at radius 2 is 2.14 bits per heavy atom. The summed E-state index contributed by atoms with van der Waals surface area (Å²) in [6.07, 6.45) is 0.595. The van der Waals surface area contributed by atoms with Crippen LogP contribution in [0, 0.1) is 0 Å². The molecule has 1 rings (SSSR count). The molecule has 5 heteroatoms. The van der Waals surface area contributed by atoms with Crippen molar-refractivity contribution in [3.63, 3.8) is 0 Å². The van der Waals surface area contributed by atoms with E-state index in [1.165, 1.54) is 0 Å². The summed E-state index contributed by atoms with van der Waals surface area (Å²) in [5.74, 6) is 0.796. The van der Waals surface area contributed by atoms with E-state index in [0.29, 0.717) is 18.0 Å². The van der Waals surface area contributed by atoms with Crippen LogP contribution in [0.25, 0.3) is 0 Å². The summed E-state index contributed by atoms with van der Waals surface area (Å²) in [5, 5.41) is 0. The molecule has 0 saturated heterocycles. The zero-order valence-electron chi connectivity index (χ0n) is 7.30. The van der Waals surface area contributed by atoms with Gasteiger partial charge in [-0.2, -0.15) is 0 Å². The number of hydrogen-bond acceptors (Lipinski definition) is 2. The molecule has 0 unspecified atom stereocenters. The van der Waals surface area contributed by atoms with Gasteiger partial charge in [0.15, 0.2) is 0 Å². The summed E-state index contributed by atoms with van der Waals surface area (Å²) in [5.41, 5.74) is 5.35. The monoisotopic (exact) mass is 337 g/mol. The molecule has 0 spiro atoms. The molecule has 1 aromatic carbocycles. The summed E-state index contributed by atoms with van der Waals surface area (Å²) in [4.78, 5) is 0.471. The molecule has 14 heavy (non-hydrogen) atoms. The minimum atomic E-state index is 0.471. The van der Waals surface area contributed by atoms with E-state index in [9.17, 15) is 0 Å². The third-order valence-electron chi connectivity index (χ3n) is 1.50. The third kappa shape index (κ3) is 3.94. The lowest BCUT2D eigenvalue weighted by Gasteiger charge is -2.07. The van der Waals surface area contributed by atoms with Crippen molar-refractivity contribution in [2.24, 2.45) is 5.73 Å². The van der Waals surface area contributed by atoms with Crippen molar-refractivity contribution < 1.29 is 4.74 Å². The van der Waals surface area contributed by atoms with Gasteiger partial charge in [-0.25, -0.2) is 0 Å². The van der Waals surface area contributed by atoms with Gasteiger partial charge in [0.1, 0.15) is 5.75 Å². The van der Waals surface area contributed by atoms with E-state index >= 15 is 0 Å². The van der Waals surface area contributed by atoms with Crippen LogP contribution >= 0.6 is 44.1 Å². The van der Waals surface area contributed by atoms with E-state index < -0.39 is 0 Å². The van der Waals surface area contributed by atoms with Gasteiger partial charge in [-0.05, 0) is 34.1 Å². The number of nitrogens with two attached hydrogens (primary N) is 1. The van der Waals surface area contributed by atoms with Crippen LogP contribution in [0.5, 0.6) is 5.75 Å². The fourth-order valence-corrected chi connectivity index (χ4v) is 2.10. The van der Waals surface area contributed by atoms with Crippen LogP contribution in [0.1, 0.15) is 6.42 Å². The Balaban J connectivity index is 2.55. The van der Waals surface area contributed by atoms with Gasteiger partial charge in [0, 0.05) is 10.9 Å². The van der Waals surface area contributed by atoms with Crippen LogP contribution in [-0.2, 0) is 0 Å². The molecule has 0 amide bonds. The van der Waals surface area contributed by atoms with Gasteiger partial charge in [0.25, 0.3) is 0 Å². The zero-order chi connectivity index (χ0) is 10.6. The highest BCUT2D eigenvalue weighted by molar-refractivity contribution is 9.11. The Bertz CT molecular complexity index is 344. The summed E-state index contributed by atoms with van der Waals surface area (Å²) in [7, 11) is 0. The first kappa shape index (κ1) is 11.9. The van der Waals surface area contributed by atoms with Crippen molar-refractivity contribution in [2.45, 2.75) is 6.42 Å². The quantitative estimate of drug-likeness (QED) is 0.856. The van der Waals surface area contributed by atoms with Gasteiger partial charge in [0.2, 0.25) is 0 Å². The highest BCUT2D eigenvalue weighted by Crippen LogP contribution is 2.28. The second kappa shape index (κ2) is 5.68. The van der Waals surface area contributed by atoms with Crippen LogP contribution in [0.2, 0.25) is 0 Å². The molecular weight excluding hydrogens is 330 g/mol. The maximum Gasteiger partial charge on any atom is 0.133 e. The first-order valence-corrected chi connectivity index (χ1v) is 5.95. The van der Waals surface area contributed by atoms with E-state index in [-0.39, 0.29) is 0 Å². The largest absolute Gasteiger partial charge is 0.492 e. The van der Waals surface area contributed by atoms with Crippen LogP contribution in [-0.4, -0.2) is 11.6 Å². The first-order chi connectivity index (χ1) is 6.59. The molecule has 0 heterocycles. The molecule has 2 nitrogen and oxygen atoms in total. The third-order valence-corrected chi connectivity index (χ3v) is 2.82. The van der Waals surface area contributed by atoms with E-state index in [2.05, 4.69) is 31.9 Å². The summed E-state index contributed by atoms with van der Waals surface area (Å²) < 4.78 is 7.38. The zero-order valence-corrected chi connectivity index (χ0v) is 11.3. The van der Waals surface area contributed by atoms with E-state index in [4.69, 9.17) is 22.7 Å². The van der Waals surface area contributed by atoms with Gasteiger partial charge in [0.05, 0.1) is 16.1 Å². The molecule has 0 aliphatic rings. The van der Waals surface area contributed by atoms with Crippen molar-refractivity contribution in [1.82, 2.24) is 0 Å². The molecule has 0 saturated carbocycles. The minimum absolute atomic E-state index is 0.471. The Morgan fingerprint density at radius 1 is 1.43 bits per heavy atom. The second-order valence-corrected chi connectivity index (χ2v) is 4.93. The molecule has 0 aromatic heterocycles. The SMILES string of the molecule is NC(=S)CCOc1ccc(Br)cc1Br. The maximum absolute atomic E-state index is 5.47. The van der Waals surface area contributed by atoms with Crippen molar-refractivity contribution in [1.29, 1.82) is 0 Å². The Kier molecular flexibility index (Phi) is 4.84. The van der Waals surface area contributed by atoms with Gasteiger partial charge >= 0.3 is 0 Å². The molecule has 0 bridgehead atoms. The van der Waals surface area contributed by atoms with Gasteiger partial charge < -0.3 is 10.5 Å². The molecule has 0 aliphatic carbocycles. The maximum atomic E-state index is 5.47. The molecular formula is C9H9Br2NOS. The van der Waals surface area contributed by atoms with Crippen molar-refractivity contribution in [2.75, 3.05) is 6.61 Å². The number of thiocarbonyl (C=S) groups is 1. The highest BCUT2D eigenvalue weighted by atomic mass is 79.9. The first-order valence-electron chi connectivity index (χ1n) is 3.96. The second-order valence-electron chi connectivity index (χ2n) is 2.64. The number of halogens is 2.